The van der Waals surface area contributed by atoms with Crippen molar-refractivity contribution in [3.05, 3.63) is 58.7 Å². The van der Waals surface area contributed by atoms with Crippen molar-refractivity contribution in [2.75, 3.05) is 17.7 Å². The predicted molar refractivity (Wildman–Crippen MR) is 109 cm³/mol. The van der Waals surface area contributed by atoms with Crippen LogP contribution in [-0.4, -0.2) is 30.1 Å². The number of carbonyl (C=O) groups is 3. The normalized spacial score (nSPS) is 13.9. The van der Waals surface area contributed by atoms with Crippen molar-refractivity contribution >= 4 is 35.2 Å². The molecule has 2 N–H and O–H groups in total. The van der Waals surface area contributed by atoms with Crippen LogP contribution >= 0.6 is 11.8 Å². The van der Waals surface area contributed by atoms with Gasteiger partial charge in [-0.2, -0.15) is 0 Å². The second-order valence-electron chi connectivity index (χ2n) is 6.76. The van der Waals surface area contributed by atoms with Gasteiger partial charge in [-0.3, -0.25) is 9.59 Å². The minimum atomic E-state index is -0.610. The van der Waals surface area contributed by atoms with Crippen molar-refractivity contribution in [1.29, 1.82) is 0 Å². The second kappa shape index (κ2) is 8.48. The Kier molecular flexibility index (Phi) is 6.04. The van der Waals surface area contributed by atoms with Crippen molar-refractivity contribution in [2.45, 2.75) is 31.7 Å². The summed E-state index contributed by atoms with van der Waals surface area (Å²) in [6.07, 6.45) is 0. The minimum Gasteiger partial charge on any atom is -0.452 e. The maximum atomic E-state index is 12.2. The second-order valence-corrected chi connectivity index (χ2v) is 7.77. The van der Waals surface area contributed by atoms with E-state index in [0.717, 1.165) is 16.0 Å². The van der Waals surface area contributed by atoms with Gasteiger partial charge in [0.1, 0.15) is 0 Å². The molecule has 28 heavy (non-hydrogen) atoms. The summed E-state index contributed by atoms with van der Waals surface area (Å²) in [5.74, 6) is -0.736. The molecule has 7 heteroatoms. The number of hydrogen-bond acceptors (Lipinski definition) is 5. The molecule has 6 nitrogen and oxygen atoms in total. The lowest BCUT2D eigenvalue weighted by Gasteiger charge is -2.17. The highest BCUT2D eigenvalue weighted by Gasteiger charge is 2.19. The van der Waals surface area contributed by atoms with Gasteiger partial charge in [-0.25, -0.2) is 4.79 Å². The molecule has 0 fully saturated rings. The Bertz CT molecular complexity index is 942. The van der Waals surface area contributed by atoms with Crippen LogP contribution in [0.2, 0.25) is 0 Å². The topological polar surface area (TPSA) is 84.5 Å². The number of rotatable bonds is 5. The average Bonchev–Trinajstić information content (AvgIpc) is 2.67. The first-order chi connectivity index (χ1) is 13.3. The molecule has 0 aromatic heterocycles. The van der Waals surface area contributed by atoms with Gasteiger partial charge in [0.25, 0.3) is 5.91 Å². The lowest BCUT2D eigenvalue weighted by atomic mass is 10.0. The summed E-state index contributed by atoms with van der Waals surface area (Å²) in [4.78, 5) is 36.8. The van der Waals surface area contributed by atoms with Gasteiger partial charge in [-0.1, -0.05) is 18.2 Å². The highest BCUT2D eigenvalue weighted by Crippen LogP contribution is 2.32. The summed E-state index contributed by atoms with van der Waals surface area (Å²) in [5.41, 5.74) is 4.21. The van der Waals surface area contributed by atoms with Gasteiger partial charge in [0.05, 0.1) is 23.0 Å². The fraction of sp³-hybridized carbons (Fsp3) is 0.286. The molecule has 1 atom stereocenters. The molecule has 0 radical (unpaired) electrons. The van der Waals surface area contributed by atoms with E-state index < -0.39 is 5.97 Å². The van der Waals surface area contributed by atoms with E-state index in [1.807, 2.05) is 39.0 Å². The van der Waals surface area contributed by atoms with E-state index >= 15 is 0 Å². The smallest absolute Gasteiger partial charge is 0.338 e. The fourth-order valence-corrected chi connectivity index (χ4v) is 3.61. The molecule has 0 aliphatic carbocycles. The Morgan fingerprint density at radius 2 is 1.96 bits per heavy atom. The van der Waals surface area contributed by atoms with Gasteiger partial charge in [-0.05, 0) is 55.7 Å². The standard InChI is InChI=1S/C21H22N2O4S/c1-12-4-5-15(8-13(12)2)14(3)22-19(24)10-27-21(26)16-6-7-18-17(9-16)23-20(25)11-28-18/h4-9,14H,10-11H2,1-3H3,(H,22,24)(H,23,25)/t14-/m1/s1. The first-order valence-electron chi connectivity index (χ1n) is 8.94. The molecule has 0 unspecified atom stereocenters. The number of ether oxygens (including phenoxy) is 1. The summed E-state index contributed by atoms with van der Waals surface area (Å²) >= 11 is 1.41. The summed E-state index contributed by atoms with van der Waals surface area (Å²) < 4.78 is 5.12. The van der Waals surface area contributed by atoms with E-state index in [2.05, 4.69) is 10.6 Å². The maximum Gasteiger partial charge on any atom is 0.338 e. The Morgan fingerprint density at radius 3 is 2.71 bits per heavy atom. The molecule has 1 aliphatic heterocycles. The summed E-state index contributed by atoms with van der Waals surface area (Å²) in [6, 6.07) is 10.8. The molecule has 2 aromatic carbocycles. The number of fused-ring (bicyclic) bond motifs is 1. The summed E-state index contributed by atoms with van der Waals surface area (Å²) in [5, 5.41) is 5.55. The quantitative estimate of drug-likeness (QED) is 0.755. The monoisotopic (exact) mass is 398 g/mol. The Morgan fingerprint density at radius 1 is 1.18 bits per heavy atom. The number of nitrogens with one attached hydrogen (secondary N) is 2. The van der Waals surface area contributed by atoms with E-state index in [1.165, 1.54) is 17.3 Å². The molecule has 3 rings (SSSR count). The number of benzene rings is 2. The van der Waals surface area contributed by atoms with E-state index in [-0.39, 0.29) is 30.0 Å². The first kappa shape index (κ1) is 19.9. The predicted octanol–water partition coefficient (Wildman–Crippen LogP) is 3.38. The van der Waals surface area contributed by atoms with Crippen molar-refractivity contribution < 1.29 is 19.1 Å². The molecule has 1 heterocycles. The molecule has 1 aliphatic rings. The molecule has 0 spiro atoms. The Labute approximate surface area is 168 Å². The third-order valence-corrected chi connectivity index (χ3v) is 5.66. The SMILES string of the molecule is Cc1ccc([C@@H](C)NC(=O)COC(=O)c2ccc3c(c2)NC(=O)CS3)cc1C. The number of carbonyl (C=O) groups excluding carboxylic acids is 3. The molecule has 2 amide bonds. The third kappa shape index (κ3) is 4.72. The number of hydrogen-bond donors (Lipinski definition) is 2. The van der Waals surface area contributed by atoms with Crippen LogP contribution in [0.4, 0.5) is 5.69 Å². The number of amides is 2. The van der Waals surface area contributed by atoms with Crippen molar-refractivity contribution in [1.82, 2.24) is 5.32 Å². The minimum absolute atomic E-state index is 0.109. The molecule has 0 saturated heterocycles. The van der Waals surface area contributed by atoms with Crippen molar-refractivity contribution in [2.24, 2.45) is 0 Å². The first-order valence-corrected chi connectivity index (χ1v) is 9.92. The molecule has 0 bridgehead atoms. The average molecular weight is 398 g/mol. The van der Waals surface area contributed by atoms with Crippen LogP contribution in [0.25, 0.3) is 0 Å². The highest BCUT2D eigenvalue weighted by atomic mass is 32.2. The number of aryl methyl sites for hydroxylation is 2. The number of esters is 1. The van der Waals surface area contributed by atoms with E-state index in [9.17, 15) is 14.4 Å². The Hall–Kier alpha value is -2.80. The zero-order valence-corrected chi connectivity index (χ0v) is 16.8. The molecular weight excluding hydrogens is 376 g/mol. The van der Waals surface area contributed by atoms with Gasteiger partial charge < -0.3 is 15.4 Å². The Balaban J connectivity index is 1.55. The van der Waals surface area contributed by atoms with Crippen LogP contribution in [0.5, 0.6) is 0 Å². The van der Waals surface area contributed by atoms with Crippen LogP contribution < -0.4 is 10.6 Å². The molecule has 146 valence electrons. The van der Waals surface area contributed by atoms with Gasteiger partial charge >= 0.3 is 5.97 Å². The number of thioether (sulfide) groups is 1. The van der Waals surface area contributed by atoms with Crippen LogP contribution in [0.15, 0.2) is 41.3 Å². The van der Waals surface area contributed by atoms with Crippen LogP contribution in [0, 0.1) is 13.8 Å². The van der Waals surface area contributed by atoms with Crippen LogP contribution in [0.1, 0.15) is 40.0 Å². The maximum absolute atomic E-state index is 12.2. The molecular formula is C21H22N2O4S. The van der Waals surface area contributed by atoms with Crippen molar-refractivity contribution in [3.63, 3.8) is 0 Å². The molecule has 2 aromatic rings. The lowest BCUT2D eigenvalue weighted by Crippen LogP contribution is -2.31. The highest BCUT2D eigenvalue weighted by molar-refractivity contribution is 8.00. The van der Waals surface area contributed by atoms with E-state index in [0.29, 0.717) is 11.4 Å². The van der Waals surface area contributed by atoms with Gasteiger partial charge in [-0.15, -0.1) is 11.8 Å². The van der Waals surface area contributed by atoms with Crippen LogP contribution in [0.3, 0.4) is 0 Å². The van der Waals surface area contributed by atoms with Gasteiger partial charge in [0.15, 0.2) is 6.61 Å². The van der Waals surface area contributed by atoms with E-state index in [1.54, 1.807) is 18.2 Å². The summed E-state index contributed by atoms with van der Waals surface area (Å²) in [6.45, 7) is 5.57. The number of anilines is 1. The largest absolute Gasteiger partial charge is 0.452 e. The zero-order valence-electron chi connectivity index (χ0n) is 16.0. The lowest BCUT2D eigenvalue weighted by molar-refractivity contribution is -0.124. The fourth-order valence-electron chi connectivity index (χ4n) is 2.82. The van der Waals surface area contributed by atoms with Gasteiger partial charge in [0.2, 0.25) is 5.91 Å². The molecule has 0 saturated carbocycles. The van der Waals surface area contributed by atoms with E-state index in [4.69, 9.17) is 4.74 Å². The van der Waals surface area contributed by atoms with Crippen molar-refractivity contribution in [3.8, 4) is 0 Å². The summed E-state index contributed by atoms with van der Waals surface area (Å²) in [7, 11) is 0. The third-order valence-electron chi connectivity index (χ3n) is 4.59. The zero-order chi connectivity index (χ0) is 20.3. The van der Waals surface area contributed by atoms with Gasteiger partial charge in [0, 0.05) is 4.90 Å². The van der Waals surface area contributed by atoms with Crippen LogP contribution in [-0.2, 0) is 14.3 Å².